The van der Waals surface area contributed by atoms with Crippen molar-refractivity contribution in [3.05, 3.63) is 16.1 Å². The lowest BCUT2D eigenvalue weighted by Gasteiger charge is -2.30. The fourth-order valence-electron chi connectivity index (χ4n) is 1.53. The zero-order valence-corrected chi connectivity index (χ0v) is 13.1. The molecule has 0 bridgehead atoms. The summed E-state index contributed by atoms with van der Waals surface area (Å²) in [7, 11) is 0. The average molecular weight is 319 g/mol. The number of nitrogens with one attached hydrogen (secondary N) is 1. The Morgan fingerprint density at radius 2 is 2.24 bits per heavy atom. The Morgan fingerprint density at radius 1 is 1.59 bits per heavy atom. The molecule has 17 heavy (non-hydrogen) atoms. The van der Waals surface area contributed by atoms with Gasteiger partial charge in [0.1, 0.15) is 4.88 Å². The molecule has 0 aliphatic heterocycles. The third-order valence-electron chi connectivity index (χ3n) is 2.59. The lowest BCUT2D eigenvalue weighted by atomic mass is 9.85. The molecule has 1 amide bonds. The number of aromatic nitrogens is 1. The minimum absolute atomic E-state index is 0.0172. The number of rotatable bonds is 4. The van der Waals surface area contributed by atoms with E-state index in [1.807, 2.05) is 6.92 Å². The van der Waals surface area contributed by atoms with Gasteiger partial charge in [-0.3, -0.25) is 4.79 Å². The summed E-state index contributed by atoms with van der Waals surface area (Å²) in [4.78, 5) is 16.8. The van der Waals surface area contributed by atoms with Crippen LogP contribution in [-0.2, 0) is 0 Å². The third kappa shape index (κ3) is 4.39. The van der Waals surface area contributed by atoms with Crippen molar-refractivity contribution in [1.82, 2.24) is 10.3 Å². The second-order valence-electron chi connectivity index (χ2n) is 5.11. The molecule has 0 saturated carbocycles. The molecular weight excluding hydrogens is 300 g/mol. The van der Waals surface area contributed by atoms with Gasteiger partial charge in [0.2, 0.25) is 0 Å². The Bertz CT molecular complexity index is 384. The van der Waals surface area contributed by atoms with Crippen molar-refractivity contribution < 1.29 is 4.79 Å². The first kappa shape index (κ1) is 14.6. The van der Waals surface area contributed by atoms with Crippen molar-refractivity contribution in [2.24, 2.45) is 5.41 Å². The van der Waals surface area contributed by atoms with Crippen LogP contribution in [0.25, 0.3) is 0 Å². The number of thiazole rings is 1. The van der Waals surface area contributed by atoms with Crippen LogP contribution in [0.15, 0.2) is 6.20 Å². The van der Waals surface area contributed by atoms with Gasteiger partial charge in [-0.05, 0) is 18.8 Å². The third-order valence-corrected chi connectivity index (χ3v) is 3.96. The van der Waals surface area contributed by atoms with Crippen LogP contribution >= 0.6 is 27.3 Å². The Morgan fingerprint density at radius 3 is 2.65 bits per heavy atom. The summed E-state index contributed by atoms with van der Waals surface area (Å²) in [5.74, 6) is -0.0172. The number of nitrogens with zero attached hydrogens (tertiary/aromatic N) is 1. The van der Waals surface area contributed by atoms with Crippen LogP contribution in [-0.4, -0.2) is 22.3 Å². The van der Waals surface area contributed by atoms with E-state index in [2.05, 4.69) is 47.0 Å². The molecule has 0 spiro atoms. The van der Waals surface area contributed by atoms with E-state index >= 15 is 0 Å². The highest BCUT2D eigenvalue weighted by molar-refractivity contribution is 9.09. The molecule has 0 aromatic carbocycles. The summed E-state index contributed by atoms with van der Waals surface area (Å²) in [6.45, 7) is 8.32. The van der Waals surface area contributed by atoms with E-state index in [1.54, 1.807) is 6.20 Å². The van der Waals surface area contributed by atoms with Crippen molar-refractivity contribution in [2.75, 3.05) is 5.33 Å². The molecule has 0 saturated heterocycles. The molecule has 96 valence electrons. The van der Waals surface area contributed by atoms with Crippen LogP contribution in [0, 0.1) is 12.3 Å². The molecule has 1 N–H and O–H groups in total. The van der Waals surface area contributed by atoms with Gasteiger partial charge in [0, 0.05) is 11.4 Å². The van der Waals surface area contributed by atoms with Crippen molar-refractivity contribution in [1.29, 1.82) is 0 Å². The highest BCUT2D eigenvalue weighted by Crippen LogP contribution is 2.23. The Hall–Kier alpha value is -0.420. The molecule has 0 fully saturated rings. The second kappa shape index (κ2) is 5.96. The maximum atomic E-state index is 12.0. The quantitative estimate of drug-likeness (QED) is 0.865. The number of carbonyl (C=O) groups excluding carboxylic acids is 1. The first-order valence-electron chi connectivity index (χ1n) is 5.64. The Labute approximate surface area is 115 Å². The molecule has 1 aromatic heterocycles. The number of hydrogen-bond donors (Lipinski definition) is 1. The van der Waals surface area contributed by atoms with Gasteiger partial charge in [0.25, 0.3) is 5.91 Å². The SMILES string of the molecule is Cc1ncc(C(=O)NC(CCBr)C(C)(C)C)s1. The predicted octanol–water partition coefficient (Wildman–Crippen LogP) is 3.38. The Balaban J connectivity index is 2.71. The molecule has 0 aliphatic rings. The molecule has 1 aromatic rings. The second-order valence-corrected chi connectivity index (χ2v) is 7.14. The highest BCUT2D eigenvalue weighted by atomic mass is 79.9. The van der Waals surface area contributed by atoms with Crippen LogP contribution < -0.4 is 5.32 Å². The van der Waals surface area contributed by atoms with Crippen LogP contribution in [0.3, 0.4) is 0 Å². The summed E-state index contributed by atoms with van der Waals surface area (Å²) >= 11 is 4.86. The van der Waals surface area contributed by atoms with Crippen molar-refractivity contribution in [3.8, 4) is 0 Å². The van der Waals surface area contributed by atoms with E-state index in [0.717, 1.165) is 16.8 Å². The molecule has 1 heterocycles. The monoisotopic (exact) mass is 318 g/mol. The summed E-state index contributed by atoms with van der Waals surface area (Å²) in [6, 6.07) is 0.164. The van der Waals surface area contributed by atoms with Gasteiger partial charge in [-0.2, -0.15) is 0 Å². The van der Waals surface area contributed by atoms with Gasteiger partial charge >= 0.3 is 0 Å². The molecule has 5 heteroatoms. The highest BCUT2D eigenvalue weighted by Gasteiger charge is 2.26. The normalized spacial score (nSPS) is 13.5. The van der Waals surface area contributed by atoms with E-state index in [4.69, 9.17) is 0 Å². The zero-order chi connectivity index (χ0) is 13.1. The largest absolute Gasteiger partial charge is 0.348 e. The summed E-state index contributed by atoms with van der Waals surface area (Å²) < 4.78 is 0. The molecule has 1 atom stereocenters. The van der Waals surface area contributed by atoms with Crippen LogP contribution in [0.2, 0.25) is 0 Å². The first-order valence-corrected chi connectivity index (χ1v) is 7.57. The maximum Gasteiger partial charge on any atom is 0.263 e. The minimum Gasteiger partial charge on any atom is -0.348 e. The van der Waals surface area contributed by atoms with E-state index in [9.17, 15) is 4.79 Å². The van der Waals surface area contributed by atoms with Crippen molar-refractivity contribution in [3.63, 3.8) is 0 Å². The lowest BCUT2D eigenvalue weighted by Crippen LogP contribution is -2.43. The van der Waals surface area contributed by atoms with Gasteiger partial charge in [0.05, 0.1) is 11.2 Å². The van der Waals surface area contributed by atoms with E-state index in [0.29, 0.717) is 4.88 Å². The summed E-state index contributed by atoms with van der Waals surface area (Å²) in [6.07, 6.45) is 2.57. The number of aryl methyl sites for hydroxylation is 1. The average Bonchev–Trinajstić information content (AvgIpc) is 2.62. The van der Waals surface area contributed by atoms with Crippen LogP contribution in [0.4, 0.5) is 0 Å². The summed E-state index contributed by atoms with van der Waals surface area (Å²) in [5.41, 5.74) is 0.0587. The molecular formula is C12H19BrN2OS. The standard InChI is InChI=1S/C12H19BrN2OS/c1-8-14-7-9(17-8)11(16)15-10(5-6-13)12(2,3)4/h7,10H,5-6H2,1-4H3,(H,15,16). The first-order chi connectivity index (χ1) is 7.84. The van der Waals surface area contributed by atoms with E-state index in [-0.39, 0.29) is 17.4 Å². The van der Waals surface area contributed by atoms with Gasteiger partial charge < -0.3 is 5.32 Å². The van der Waals surface area contributed by atoms with E-state index < -0.39 is 0 Å². The summed E-state index contributed by atoms with van der Waals surface area (Å²) in [5, 5.41) is 4.89. The van der Waals surface area contributed by atoms with Crippen molar-refractivity contribution in [2.45, 2.75) is 40.2 Å². The number of halogens is 1. The predicted molar refractivity (Wildman–Crippen MR) is 76.0 cm³/mol. The molecule has 1 rings (SSSR count). The van der Waals surface area contributed by atoms with Gasteiger partial charge in [-0.15, -0.1) is 11.3 Å². The molecule has 0 radical (unpaired) electrons. The van der Waals surface area contributed by atoms with Crippen LogP contribution in [0.5, 0.6) is 0 Å². The molecule has 1 unspecified atom stereocenters. The fourth-order valence-corrected chi connectivity index (χ4v) is 2.67. The topological polar surface area (TPSA) is 42.0 Å². The lowest BCUT2D eigenvalue weighted by molar-refractivity contribution is 0.0904. The van der Waals surface area contributed by atoms with Gasteiger partial charge in [-0.25, -0.2) is 4.98 Å². The van der Waals surface area contributed by atoms with E-state index in [1.165, 1.54) is 11.3 Å². The smallest absolute Gasteiger partial charge is 0.263 e. The number of hydrogen-bond acceptors (Lipinski definition) is 3. The maximum absolute atomic E-state index is 12.0. The van der Waals surface area contributed by atoms with Crippen LogP contribution in [0.1, 0.15) is 41.9 Å². The molecule has 3 nitrogen and oxygen atoms in total. The number of amides is 1. The number of carbonyl (C=O) groups is 1. The zero-order valence-electron chi connectivity index (χ0n) is 10.7. The van der Waals surface area contributed by atoms with Crippen molar-refractivity contribution >= 4 is 33.2 Å². The van der Waals surface area contributed by atoms with Gasteiger partial charge in [0.15, 0.2) is 0 Å². The van der Waals surface area contributed by atoms with Gasteiger partial charge in [-0.1, -0.05) is 36.7 Å². The Kier molecular flexibility index (Phi) is 5.13. The number of alkyl halides is 1. The minimum atomic E-state index is -0.0172. The fraction of sp³-hybridized carbons (Fsp3) is 0.667. The molecule has 0 aliphatic carbocycles.